The van der Waals surface area contributed by atoms with E-state index in [4.69, 9.17) is 9.15 Å². The maximum Gasteiger partial charge on any atom is 0.293 e. The molecular formula is C22H22N2O4. The van der Waals surface area contributed by atoms with Gasteiger partial charge in [-0.1, -0.05) is 18.2 Å². The molecule has 0 unspecified atom stereocenters. The first kappa shape index (κ1) is 18.3. The topological polar surface area (TPSA) is 80.6 Å². The van der Waals surface area contributed by atoms with E-state index in [0.29, 0.717) is 35.4 Å². The number of fused-ring (bicyclic) bond motifs is 1. The minimum atomic E-state index is -0.496. The molecule has 1 fully saturated rings. The first-order valence-corrected chi connectivity index (χ1v) is 9.35. The molecule has 0 radical (unpaired) electrons. The molecule has 6 heteroatoms. The molecule has 144 valence electrons. The largest absolute Gasteiger partial charge is 0.449 e. The third-order valence-electron chi connectivity index (χ3n) is 5.04. The van der Waals surface area contributed by atoms with Gasteiger partial charge < -0.3 is 19.8 Å². The molecule has 2 heterocycles. The first-order chi connectivity index (χ1) is 13.5. The first-order valence-electron chi connectivity index (χ1n) is 9.35. The number of hydrogen-bond acceptors (Lipinski definition) is 4. The fourth-order valence-corrected chi connectivity index (χ4v) is 3.32. The van der Waals surface area contributed by atoms with Crippen LogP contribution in [0.5, 0.6) is 0 Å². The van der Waals surface area contributed by atoms with E-state index in [1.54, 1.807) is 6.07 Å². The van der Waals surface area contributed by atoms with Crippen molar-refractivity contribution in [2.45, 2.75) is 32.8 Å². The summed E-state index contributed by atoms with van der Waals surface area (Å²) in [4.78, 5) is 25.5. The van der Waals surface area contributed by atoms with Crippen LogP contribution in [0.25, 0.3) is 11.0 Å². The molecule has 1 atom stereocenters. The number of furan rings is 1. The fraction of sp³-hybridized carbons (Fsp3) is 0.273. The van der Waals surface area contributed by atoms with Crippen molar-refractivity contribution in [3.05, 3.63) is 59.4 Å². The smallest absolute Gasteiger partial charge is 0.293 e. The Morgan fingerprint density at radius 2 is 1.86 bits per heavy atom. The fourth-order valence-electron chi connectivity index (χ4n) is 3.32. The average molecular weight is 378 g/mol. The summed E-state index contributed by atoms with van der Waals surface area (Å²) >= 11 is 0. The van der Waals surface area contributed by atoms with Gasteiger partial charge in [-0.3, -0.25) is 9.59 Å². The third-order valence-corrected chi connectivity index (χ3v) is 5.04. The number of benzene rings is 2. The summed E-state index contributed by atoms with van der Waals surface area (Å²) in [5, 5.41) is 6.38. The van der Waals surface area contributed by atoms with Gasteiger partial charge in [-0.05, 0) is 62.1 Å². The van der Waals surface area contributed by atoms with Gasteiger partial charge in [-0.15, -0.1) is 0 Å². The lowest BCUT2D eigenvalue weighted by Gasteiger charge is -2.11. The number of carbonyl (C=O) groups is 2. The minimum absolute atomic E-state index is 0.0748. The van der Waals surface area contributed by atoms with Crippen LogP contribution in [0.15, 0.2) is 46.9 Å². The van der Waals surface area contributed by atoms with E-state index in [2.05, 4.69) is 10.6 Å². The highest BCUT2D eigenvalue weighted by Crippen LogP contribution is 2.32. The van der Waals surface area contributed by atoms with Crippen molar-refractivity contribution >= 4 is 34.2 Å². The average Bonchev–Trinajstić information content (AvgIpc) is 3.33. The second kappa shape index (κ2) is 7.48. The Kier molecular flexibility index (Phi) is 4.88. The van der Waals surface area contributed by atoms with Gasteiger partial charge in [0.25, 0.3) is 11.8 Å². The molecule has 0 spiro atoms. The summed E-state index contributed by atoms with van der Waals surface area (Å²) in [5.74, 6) is -0.600. The Bertz CT molecular complexity index is 1050. The van der Waals surface area contributed by atoms with Crippen LogP contribution in [0.1, 0.15) is 34.5 Å². The summed E-state index contributed by atoms with van der Waals surface area (Å²) in [6.45, 7) is 4.57. The Balaban J connectivity index is 1.66. The third kappa shape index (κ3) is 3.51. The monoisotopic (exact) mass is 378 g/mol. The van der Waals surface area contributed by atoms with E-state index in [1.165, 1.54) is 0 Å². The number of carbonyl (C=O) groups excluding carboxylic acids is 2. The van der Waals surface area contributed by atoms with Crippen molar-refractivity contribution in [3.8, 4) is 0 Å². The van der Waals surface area contributed by atoms with Gasteiger partial charge in [-0.25, -0.2) is 0 Å². The highest BCUT2D eigenvalue weighted by Gasteiger charge is 2.28. The van der Waals surface area contributed by atoms with Crippen LogP contribution >= 0.6 is 0 Å². The Morgan fingerprint density at radius 1 is 1.04 bits per heavy atom. The molecule has 2 aromatic carbocycles. The molecule has 3 aromatic rings. The molecule has 1 aliphatic heterocycles. The summed E-state index contributed by atoms with van der Waals surface area (Å²) < 4.78 is 11.2. The SMILES string of the molecule is Cc1ccc(NC(=O)c2oc3ccccc3c2NC(=O)[C@H]2CCCO2)cc1C. The lowest BCUT2D eigenvalue weighted by molar-refractivity contribution is -0.124. The van der Waals surface area contributed by atoms with Crippen LogP contribution in [-0.2, 0) is 9.53 Å². The zero-order valence-electron chi connectivity index (χ0n) is 15.9. The van der Waals surface area contributed by atoms with Crippen molar-refractivity contribution in [1.82, 2.24) is 0 Å². The van der Waals surface area contributed by atoms with Crippen molar-refractivity contribution < 1.29 is 18.7 Å². The van der Waals surface area contributed by atoms with E-state index in [0.717, 1.165) is 17.5 Å². The van der Waals surface area contributed by atoms with Gasteiger partial charge in [0.15, 0.2) is 0 Å². The van der Waals surface area contributed by atoms with Gasteiger partial charge >= 0.3 is 0 Å². The summed E-state index contributed by atoms with van der Waals surface area (Å²) in [6, 6.07) is 12.9. The second-order valence-corrected chi connectivity index (χ2v) is 7.05. The highest BCUT2D eigenvalue weighted by molar-refractivity contribution is 6.15. The van der Waals surface area contributed by atoms with Crippen molar-refractivity contribution in [2.24, 2.45) is 0 Å². The van der Waals surface area contributed by atoms with E-state index >= 15 is 0 Å². The van der Waals surface area contributed by atoms with Crippen LogP contribution in [0.3, 0.4) is 0 Å². The zero-order chi connectivity index (χ0) is 19.7. The lowest BCUT2D eigenvalue weighted by atomic mass is 10.1. The summed E-state index contributed by atoms with van der Waals surface area (Å²) in [7, 11) is 0. The van der Waals surface area contributed by atoms with Crippen LogP contribution in [0.2, 0.25) is 0 Å². The highest BCUT2D eigenvalue weighted by atomic mass is 16.5. The molecular weight excluding hydrogens is 356 g/mol. The molecule has 0 saturated carbocycles. The number of aryl methyl sites for hydroxylation is 2. The number of amides is 2. The van der Waals surface area contributed by atoms with Gasteiger partial charge in [-0.2, -0.15) is 0 Å². The molecule has 1 aromatic heterocycles. The molecule has 1 aliphatic rings. The predicted octanol–water partition coefficient (Wildman–Crippen LogP) is 4.42. The predicted molar refractivity (Wildman–Crippen MR) is 108 cm³/mol. The molecule has 2 amide bonds. The van der Waals surface area contributed by atoms with Crippen LogP contribution in [-0.4, -0.2) is 24.5 Å². The maximum atomic E-state index is 12.9. The maximum absolute atomic E-state index is 12.9. The molecule has 6 nitrogen and oxygen atoms in total. The van der Waals surface area contributed by atoms with Gasteiger partial charge in [0.1, 0.15) is 17.4 Å². The molecule has 1 saturated heterocycles. The minimum Gasteiger partial charge on any atom is -0.449 e. The summed E-state index contributed by atoms with van der Waals surface area (Å²) in [5.41, 5.74) is 3.80. The number of para-hydroxylation sites is 1. The van der Waals surface area contributed by atoms with Crippen molar-refractivity contribution in [1.29, 1.82) is 0 Å². The van der Waals surface area contributed by atoms with Crippen LogP contribution in [0, 0.1) is 13.8 Å². The number of rotatable bonds is 4. The Hall–Kier alpha value is -3.12. The van der Waals surface area contributed by atoms with E-state index in [-0.39, 0.29) is 11.7 Å². The molecule has 28 heavy (non-hydrogen) atoms. The van der Waals surface area contributed by atoms with Crippen molar-refractivity contribution in [3.63, 3.8) is 0 Å². The normalized spacial score (nSPS) is 16.3. The molecule has 4 rings (SSSR count). The quantitative estimate of drug-likeness (QED) is 0.704. The molecule has 2 N–H and O–H groups in total. The van der Waals surface area contributed by atoms with Gasteiger partial charge in [0.05, 0.1) is 0 Å². The standard InChI is InChI=1S/C22H22N2O4/c1-13-9-10-15(12-14(13)2)23-22(26)20-19(16-6-3-4-7-17(16)28-20)24-21(25)18-8-5-11-27-18/h3-4,6-7,9-10,12,18H,5,8,11H2,1-2H3,(H,23,26)(H,24,25)/t18-/m1/s1. The number of nitrogens with one attached hydrogen (secondary N) is 2. The lowest BCUT2D eigenvalue weighted by Crippen LogP contribution is -2.27. The number of hydrogen-bond donors (Lipinski definition) is 2. The van der Waals surface area contributed by atoms with Gasteiger partial charge in [0, 0.05) is 17.7 Å². The van der Waals surface area contributed by atoms with Crippen LogP contribution < -0.4 is 10.6 Å². The van der Waals surface area contributed by atoms with Gasteiger partial charge in [0.2, 0.25) is 5.76 Å². The Labute approximate surface area is 162 Å². The molecule has 0 aliphatic carbocycles. The number of ether oxygens (including phenoxy) is 1. The van der Waals surface area contributed by atoms with Crippen molar-refractivity contribution in [2.75, 3.05) is 17.2 Å². The van der Waals surface area contributed by atoms with Crippen LogP contribution in [0.4, 0.5) is 11.4 Å². The summed E-state index contributed by atoms with van der Waals surface area (Å²) in [6.07, 6.45) is 1.03. The molecule has 0 bridgehead atoms. The second-order valence-electron chi connectivity index (χ2n) is 7.05. The zero-order valence-corrected chi connectivity index (χ0v) is 15.9. The van der Waals surface area contributed by atoms with E-state index in [9.17, 15) is 9.59 Å². The number of anilines is 2. The Morgan fingerprint density at radius 3 is 2.61 bits per heavy atom. The van der Waals surface area contributed by atoms with E-state index < -0.39 is 12.0 Å². The van der Waals surface area contributed by atoms with E-state index in [1.807, 2.05) is 50.2 Å².